The monoisotopic (exact) mass is 327 g/mol. The number of carbonyl (C=O) groups is 1. The Bertz CT molecular complexity index is 795. The predicted octanol–water partition coefficient (Wildman–Crippen LogP) is 1.94. The van der Waals surface area contributed by atoms with E-state index >= 15 is 0 Å². The molecule has 1 unspecified atom stereocenters. The Labute approximate surface area is 141 Å². The van der Waals surface area contributed by atoms with Crippen LogP contribution in [0.25, 0.3) is 0 Å². The van der Waals surface area contributed by atoms with E-state index in [2.05, 4.69) is 11.9 Å². The number of allylic oxidation sites excluding steroid dienone is 2. The molecule has 0 spiro atoms. The smallest absolute Gasteiger partial charge is 0.220 e. The number of hydrogen-bond acceptors (Lipinski definition) is 5. The lowest BCUT2D eigenvalue weighted by Crippen LogP contribution is -2.54. The molecule has 0 aromatic heterocycles. The lowest BCUT2D eigenvalue weighted by Gasteiger charge is -2.52. The lowest BCUT2D eigenvalue weighted by atomic mass is 9.58. The van der Waals surface area contributed by atoms with Crippen LogP contribution in [0.3, 0.4) is 0 Å². The van der Waals surface area contributed by atoms with Gasteiger partial charge < -0.3 is 14.6 Å². The number of piperidine rings is 1. The summed E-state index contributed by atoms with van der Waals surface area (Å²) in [6.07, 6.45) is 5.18. The number of aromatic hydroxyl groups is 1. The van der Waals surface area contributed by atoms with Crippen molar-refractivity contribution in [3.05, 3.63) is 46.7 Å². The third kappa shape index (κ3) is 1.82. The summed E-state index contributed by atoms with van der Waals surface area (Å²) in [7, 11) is 5.15. The minimum atomic E-state index is -0.497. The Morgan fingerprint density at radius 3 is 2.79 bits per heavy atom. The number of hydrogen-bond donors (Lipinski definition) is 1. The van der Waals surface area contributed by atoms with E-state index in [-0.39, 0.29) is 17.6 Å². The molecule has 1 aromatic carbocycles. The van der Waals surface area contributed by atoms with E-state index in [0.29, 0.717) is 11.5 Å². The van der Waals surface area contributed by atoms with Gasteiger partial charge in [-0.1, -0.05) is 6.07 Å². The van der Waals surface area contributed by atoms with Crippen molar-refractivity contribution in [2.75, 3.05) is 27.8 Å². The van der Waals surface area contributed by atoms with Gasteiger partial charge in [-0.25, -0.2) is 0 Å². The highest BCUT2D eigenvalue weighted by molar-refractivity contribution is 6.05. The fraction of sp³-hybridized carbons (Fsp3) is 0.421. The molecule has 1 aromatic rings. The van der Waals surface area contributed by atoms with Gasteiger partial charge in [0.2, 0.25) is 5.78 Å². The Hall–Kier alpha value is -2.27. The van der Waals surface area contributed by atoms with Crippen LogP contribution < -0.4 is 4.74 Å². The molecule has 1 fully saturated rings. The molecule has 1 N–H and O–H groups in total. The van der Waals surface area contributed by atoms with Gasteiger partial charge in [0.15, 0.2) is 17.3 Å². The third-order valence-electron chi connectivity index (χ3n) is 5.70. The third-order valence-corrected chi connectivity index (χ3v) is 5.70. The van der Waals surface area contributed by atoms with E-state index in [1.165, 1.54) is 7.11 Å². The Morgan fingerprint density at radius 2 is 2.08 bits per heavy atom. The van der Waals surface area contributed by atoms with E-state index in [0.717, 1.165) is 36.1 Å². The summed E-state index contributed by atoms with van der Waals surface area (Å²) in [5.74, 6) is 0.875. The summed E-state index contributed by atoms with van der Waals surface area (Å²) in [5.41, 5.74) is 2.52. The molecule has 2 aliphatic carbocycles. The zero-order chi connectivity index (χ0) is 17.1. The molecule has 1 saturated heterocycles. The van der Waals surface area contributed by atoms with Crippen molar-refractivity contribution >= 4 is 5.78 Å². The van der Waals surface area contributed by atoms with Gasteiger partial charge in [-0.05, 0) is 55.8 Å². The van der Waals surface area contributed by atoms with Crippen molar-refractivity contribution in [3.8, 4) is 11.5 Å². The summed E-state index contributed by atoms with van der Waals surface area (Å²) in [6.45, 7) is 0.889. The molecule has 1 heterocycles. The number of likely N-dealkylation sites (tertiary alicyclic amines) is 1. The summed E-state index contributed by atoms with van der Waals surface area (Å²) in [4.78, 5) is 14.6. The Morgan fingerprint density at radius 1 is 1.29 bits per heavy atom. The van der Waals surface area contributed by atoms with Crippen LogP contribution >= 0.6 is 0 Å². The molecule has 24 heavy (non-hydrogen) atoms. The maximum atomic E-state index is 12.4. The quantitative estimate of drug-likeness (QED) is 0.899. The molecule has 0 saturated carbocycles. The number of carbonyl (C=O) groups excluding carboxylic acids is 1. The van der Waals surface area contributed by atoms with Crippen LogP contribution in [0, 0.1) is 0 Å². The second-order valence-electron chi connectivity index (χ2n) is 6.75. The van der Waals surface area contributed by atoms with E-state index in [1.807, 2.05) is 18.2 Å². The number of ether oxygens (including phenoxy) is 2. The second kappa shape index (κ2) is 5.11. The predicted molar refractivity (Wildman–Crippen MR) is 89.3 cm³/mol. The van der Waals surface area contributed by atoms with Crippen molar-refractivity contribution in [3.63, 3.8) is 0 Å². The van der Waals surface area contributed by atoms with Gasteiger partial charge >= 0.3 is 0 Å². The van der Waals surface area contributed by atoms with Gasteiger partial charge in [-0.2, -0.15) is 0 Å². The van der Waals surface area contributed by atoms with Crippen molar-refractivity contribution in [1.82, 2.24) is 4.90 Å². The number of phenolic OH excluding ortho intramolecular Hbond substituents is 1. The summed E-state index contributed by atoms with van der Waals surface area (Å²) < 4.78 is 10.6. The first-order valence-corrected chi connectivity index (χ1v) is 8.14. The van der Waals surface area contributed by atoms with E-state index < -0.39 is 5.41 Å². The molecule has 2 atom stereocenters. The topological polar surface area (TPSA) is 59.0 Å². The van der Waals surface area contributed by atoms with Crippen molar-refractivity contribution in [2.45, 2.75) is 24.3 Å². The molecular weight excluding hydrogens is 306 g/mol. The number of methoxy groups -OCH3 is 2. The molecule has 126 valence electrons. The van der Waals surface area contributed by atoms with Gasteiger partial charge in [-0.3, -0.25) is 9.69 Å². The minimum absolute atomic E-state index is 0.103. The second-order valence-corrected chi connectivity index (χ2v) is 6.75. The fourth-order valence-electron chi connectivity index (χ4n) is 4.50. The number of nitrogens with zero attached hydrogens (tertiary/aromatic N) is 1. The average molecular weight is 327 g/mol. The normalized spacial score (nSPS) is 28.5. The highest BCUT2D eigenvalue weighted by atomic mass is 16.5. The van der Waals surface area contributed by atoms with Crippen LogP contribution in [0.5, 0.6) is 11.5 Å². The zero-order valence-electron chi connectivity index (χ0n) is 14.1. The van der Waals surface area contributed by atoms with Crippen molar-refractivity contribution < 1.29 is 19.4 Å². The van der Waals surface area contributed by atoms with E-state index in [4.69, 9.17) is 9.47 Å². The van der Waals surface area contributed by atoms with Crippen molar-refractivity contribution in [2.24, 2.45) is 0 Å². The molecule has 3 aliphatic rings. The van der Waals surface area contributed by atoms with Gasteiger partial charge in [-0.15, -0.1) is 0 Å². The minimum Gasteiger partial charge on any atom is -0.504 e. The molecule has 0 amide bonds. The van der Waals surface area contributed by atoms with Gasteiger partial charge in [0.05, 0.1) is 14.2 Å². The molecule has 4 rings (SSSR count). The number of rotatable bonds is 2. The summed E-state index contributed by atoms with van der Waals surface area (Å²) in [5, 5.41) is 10.9. The maximum Gasteiger partial charge on any atom is 0.220 e. The molecule has 1 aliphatic heterocycles. The first-order chi connectivity index (χ1) is 11.5. The molecule has 5 nitrogen and oxygen atoms in total. The number of ketones is 1. The number of fused-ring (bicyclic) bond motifs is 1. The number of benzene rings is 1. The molecule has 5 heteroatoms. The van der Waals surface area contributed by atoms with Crippen LogP contribution in [0.2, 0.25) is 0 Å². The maximum absolute atomic E-state index is 12.4. The van der Waals surface area contributed by atoms with E-state index in [9.17, 15) is 9.90 Å². The van der Waals surface area contributed by atoms with Gasteiger partial charge in [0.1, 0.15) is 0 Å². The van der Waals surface area contributed by atoms with Crippen LogP contribution in [0.4, 0.5) is 0 Å². The number of phenols is 1. The van der Waals surface area contributed by atoms with Gasteiger partial charge in [0, 0.05) is 17.0 Å². The SMILES string of the molecule is COC1=CC23CCN(C)[C@@H](Cc4ccc(OC)c(O)c42)C3=CC1=O. The van der Waals surface area contributed by atoms with Crippen LogP contribution in [-0.4, -0.2) is 49.6 Å². The van der Waals surface area contributed by atoms with Crippen LogP contribution in [-0.2, 0) is 21.4 Å². The Balaban J connectivity index is 2.03. The largest absolute Gasteiger partial charge is 0.504 e. The van der Waals surface area contributed by atoms with E-state index in [1.54, 1.807) is 13.2 Å². The fourth-order valence-corrected chi connectivity index (χ4v) is 4.50. The highest BCUT2D eigenvalue weighted by Gasteiger charge is 2.52. The summed E-state index contributed by atoms with van der Waals surface area (Å²) >= 11 is 0. The van der Waals surface area contributed by atoms with Crippen LogP contribution in [0.1, 0.15) is 17.5 Å². The standard InChI is InChI=1S/C19H21NO4/c1-20-7-6-19-10-16(24-3)14(21)9-12(19)13(20)8-11-4-5-15(23-2)18(22)17(11)19/h4-5,9-10,13,22H,6-8H2,1-3H3/t13-,19?/m0/s1. The average Bonchev–Trinajstić information content (AvgIpc) is 2.58. The molecule has 0 radical (unpaired) electrons. The summed E-state index contributed by atoms with van der Waals surface area (Å²) in [6, 6.07) is 4.00. The molecular formula is C19H21NO4. The first kappa shape index (κ1) is 15.3. The van der Waals surface area contributed by atoms with Gasteiger partial charge in [0.25, 0.3) is 0 Å². The Kier molecular flexibility index (Phi) is 3.25. The molecule has 2 bridgehead atoms. The lowest BCUT2D eigenvalue weighted by molar-refractivity contribution is -0.114. The number of likely N-dealkylation sites (N-methyl/N-ethyl adjacent to an activating group) is 1. The first-order valence-electron chi connectivity index (χ1n) is 8.14. The zero-order valence-corrected chi connectivity index (χ0v) is 14.1. The van der Waals surface area contributed by atoms with Crippen molar-refractivity contribution in [1.29, 1.82) is 0 Å². The van der Waals surface area contributed by atoms with Crippen LogP contribution in [0.15, 0.2) is 35.6 Å². The highest BCUT2D eigenvalue weighted by Crippen LogP contribution is 2.55.